The van der Waals surface area contributed by atoms with Gasteiger partial charge in [0.25, 0.3) is 0 Å². The standard InChI is InChI=1S/C17H19NO3/c1-5-21-17(20)15-14(12(4)19)11(3)18-16(15)13-9-7-6-8-10(13)2/h6-9,18H,5H2,1-4H3. The van der Waals surface area contributed by atoms with Crippen LogP contribution in [-0.2, 0) is 4.74 Å². The third kappa shape index (κ3) is 2.75. The molecule has 1 aromatic heterocycles. The summed E-state index contributed by atoms with van der Waals surface area (Å²) in [7, 11) is 0. The zero-order valence-electron chi connectivity index (χ0n) is 12.7. The molecule has 4 nitrogen and oxygen atoms in total. The van der Waals surface area contributed by atoms with Crippen molar-refractivity contribution < 1.29 is 14.3 Å². The third-order valence-electron chi connectivity index (χ3n) is 3.43. The molecule has 0 saturated heterocycles. The van der Waals surface area contributed by atoms with Gasteiger partial charge in [0, 0.05) is 11.3 Å². The first-order chi connectivity index (χ1) is 9.97. The van der Waals surface area contributed by atoms with E-state index in [1.807, 2.05) is 31.2 Å². The van der Waals surface area contributed by atoms with E-state index in [1.54, 1.807) is 13.8 Å². The number of nitrogens with one attached hydrogen (secondary N) is 1. The number of aromatic amines is 1. The molecule has 0 aliphatic heterocycles. The average Bonchev–Trinajstić information content (AvgIpc) is 2.77. The highest BCUT2D eigenvalue weighted by Gasteiger charge is 2.26. The van der Waals surface area contributed by atoms with Crippen LogP contribution in [0.3, 0.4) is 0 Å². The van der Waals surface area contributed by atoms with Gasteiger partial charge < -0.3 is 9.72 Å². The summed E-state index contributed by atoms with van der Waals surface area (Å²) in [6.45, 7) is 7.24. The van der Waals surface area contributed by atoms with E-state index < -0.39 is 5.97 Å². The number of rotatable bonds is 4. The lowest BCUT2D eigenvalue weighted by Crippen LogP contribution is -2.10. The summed E-state index contributed by atoms with van der Waals surface area (Å²) in [5, 5.41) is 0. The number of H-pyrrole nitrogens is 1. The lowest BCUT2D eigenvalue weighted by atomic mass is 9.99. The van der Waals surface area contributed by atoms with E-state index in [0.717, 1.165) is 11.1 Å². The SMILES string of the molecule is CCOC(=O)c1c(-c2ccccc2C)[nH]c(C)c1C(C)=O. The largest absolute Gasteiger partial charge is 0.462 e. The second-order valence-electron chi connectivity index (χ2n) is 4.97. The molecule has 0 amide bonds. The predicted molar refractivity (Wildman–Crippen MR) is 81.7 cm³/mol. The van der Waals surface area contributed by atoms with Gasteiger partial charge in [0.2, 0.25) is 0 Å². The monoisotopic (exact) mass is 285 g/mol. The van der Waals surface area contributed by atoms with Gasteiger partial charge in [0.05, 0.1) is 23.4 Å². The van der Waals surface area contributed by atoms with Crippen molar-refractivity contribution in [2.75, 3.05) is 6.61 Å². The number of ether oxygens (including phenoxy) is 1. The second-order valence-corrected chi connectivity index (χ2v) is 4.97. The number of Topliss-reactive ketones (excluding diaryl/α,β-unsaturated/α-hetero) is 1. The maximum Gasteiger partial charge on any atom is 0.341 e. The summed E-state index contributed by atoms with van der Waals surface area (Å²) >= 11 is 0. The lowest BCUT2D eigenvalue weighted by molar-refractivity contribution is 0.0524. The Morgan fingerprint density at radius 1 is 1.14 bits per heavy atom. The second kappa shape index (κ2) is 5.95. The molecule has 0 saturated carbocycles. The molecule has 0 bridgehead atoms. The zero-order valence-corrected chi connectivity index (χ0v) is 12.7. The van der Waals surface area contributed by atoms with E-state index in [4.69, 9.17) is 4.74 Å². The third-order valence-corrected chi connectivity index (χ3v) is 3.43. The van der Waals surface area contributed by atoms with Crippen molar-refractivity contribution in [2.45, 2.75) is 27.7 Å². The van der Waals surface area contributed by atoms with Gasteiger partial charge in [0.15, 0.2) is 5.78 Å². The molecule has 0 atom stereocenters. The van der Waals surface area contributed by atoms with Crippen molar-refractivity contribution in [2.24, 2.45) is 0 Å². The number of hydrogen-bond donors (Lipinski definition) is 1. The van der Waals surface area contributed by atoms with Crippen molar-refractivity contribution in [3.63, 3.8) is 0 Å². The first kappa shape index (κ1) is 15.0. The van der Waals surface area contributed by atoms with Gasteiger partial charge in [-0.15, -0.1) is 0 Å². The van der Waals surface area contributed by atoms with Gasteiger partial charge in [-0.3, -0.25) is 4.79 Å². The Bertz CT molecular complexity index is 698. The fourth-order valence-electron chi connectivity index (χ4n) is 2.53. The Balaban J connectivity index is 2.72. The summed E-state index contributed by atoms with van der Waals surface area (Å²) in [6, 6.07) is 7.73. The summed E-state index contributed by atoms with van der Waals surface area (Å²) in [5.41, 5.74) is 4.00. The lowest BCUT2D eigenvalue weighted by Gasteiger charge is -2.08. The molecular formula is C17H19NO3. The normalized spacial score (nSPS) is 10.5. The number of esters is 1. The molecule has 4 heteroatoms. The van der Waals surface area contributed by atoms with Crippen molar-refractivity contribution >= 4 is 11.8 Å². The molecule has 0 unspecified atom stereocenters. The van der Waals surface area contributed by atoms with Crippen LogP contribution in [0.15, 0.2) is 24.3 Å². The number of carbonyl (C=O) groups excluding carboxylic acids is 2. The van der Waals surface area contributed by atoms with Crippen molar-refractivity contribution in [3.05, 3.63) is 46.6 Å². The van der Waals surface area contributed by atoms with Crippen molar-refractivity contribution in [1.82, 2.24) is 4.98 Å². The van der Waals surface area contributed by atoms with E-state index in [0.29, 0.717) is 22.5 Å². The summed E-state index contributed by atoms with van der Waals surface area (Å²) in [5.74, 6) is -0.614. The Labute approximate surface area is 124 Å². The minimum absolute atomic E-state index is 0.147. The van der Waals surface area contributed by atoms with Crippen LogP contribution in [0.2, 0.25) is 0 Å². The van der Waals surface area contributed by atoms with Gasteiger partial charge in [-0.2, -0.15) is 0 Å². The molecule has 0 radical (unpaired) electrons. The van der Waals surface area contributed by atoms with E-state index >= 15 is 0 Å². The van der Waals surface area contributed by atoms with Gasteiger partial charge in [0.1, 0.15) is 0 Å². The molecule has 2 rings (SSSR count). The van der Waals surface area contributed by atoms with Crippen LogP contribution in [0.25, 0.3) is 11.3 Å². The van der Waals surface area contributed by atoms with Crippen LogP contribution in [0.5, 0.6) is 0 Å². The maximum absolute atomic E-state index is 12.3. The Morgan fingerprint density at radius 2 is 1.81 bits per heavy atom. The minimum atomic E-state index is -0.467. The van der Waals surface area contributed by atoms with E-state index in [2.05, 4.69) is 4.98 Å². The summed E-state index contributed by atoms with van der Waals surface area (Å²) in [6.07, 6.45) is 0. The minimum Gasteiger partial charge on any atom is -0.462 e. The topological polar surface area (TPSA) is 59.2 Å². The predicted octanol–water partition coefficient (Wildman–Crippen LogP) is 3.68. The summed E-state index contributed by atoms with van der Waals surface area (Å²) < 4.78 is 5.12. The van der Waals surface area contributed by atoms with Crippen LogP contribution >= 0.6 is 0 Å². The number of aryl methyl sites for hydroxylation is 2. The molecule has 0 aliphatic rings. The molecule has 0 spiro atoms. The van der Waals surface area contributed by atoms with Crippen LogP contribution in [0.4, 0.5) is 0 Å². The fourth-order valence-corrected chi connectivity index (χ4v) is 2.53. The quantitative estimate of drug-likeness (QED) is 0.688. The van der Waals surface area contributed by atoms with Gasteiger partial charge >= 0.3 is 5.97 Å². The molecule has 2 aromatic rings. The zero-order chi connectivity index (χ0) is 15.6. The van der Waals surface area contributed by atoms with Crippen LogP contribution in [-0.4, -0.2) is 23.3 Å². The number of hydrogen-bond acceptors (Lipinski definition) is 3. The van der Waals surface area contributed by atoms with E-state index in [9.17, 15) is 9.59 Å². The van der Waals surface area contributed by atoms with Gasteiger partial charge in [-0.05, 0) is 33.3 Å². The highest BCUT2D eigenvalue weighted by molar-refractivity contribution is 6.10. The average molecular weight is 285 g/mol. The number of ketones is 1. The summed E-state index contributed by atoms with van der Waals surface area (Å²) in [4.78, 5) is 27.4. The number of benzene rings is 1. The van der Waals surface area contributed by atoms with Crippen molar-refractivity contribution in [3.8, 4) is 11.3 Å². The maximum atomic E-state index is 12.3. The smallest absolute Gasteiger partial charge is 0.341 e. The van der Waals surface area contributed by atoms with Crippen LogP contribution in [0, 0.1) is 13.8 Å². The number of carbonyl (C=O) groups is 2. The first-order valence-electron chi connectivity index (χ1n) is 6.94. The molecule has 1 N–H and O–H groups in total. The fraction of sp³-hybridized carbons (Fsp3) is 0.294. The molecule has 110 valence electrons. The Morgan fingerprint density at radius 3 is 2.38 bits per heavy atom. The van der Waals surface area contributed by atoms with Gasteiger partial charge in [-0.1, -0.05) is 24.3 Å². The first-order valence-corrected chi connectivity index (χ1v) is 6.94. The van der Waals surface area contributed by atoms with E-state index in [1.165, 1.54) is 6.92 Å². The van der Waals surface area contributed by atoms with Crippen LogP contribution in [0.1, 0.15) is 45.8 Å². The number of aromatic nitrogens is 1. The highest BCUT2D eigenvalue weighted by Crippen LogP contribution is 2.31. The van der Waals surface area contributed by atoms with Crippen molar-refractivity contribution in [1.29, 1.82) is 0 Å². The molecule has 0 aliphatic carbocycles. The molecule has 1 aromatic carbocycles. The van der Waals surface area contributed by atoms with E-state index in [-0.39, 0.29) is 12.4 Å². The Kier molecular flexibility index (Phi) is 4.26. The molecule has 0 fully saturated rings. The highest BCUT2D eigenvalue weighted by atomic mass is 16.5. The van der Waals surface area contributed by atoms with Gasteiger partial charge in [-0.25, -0.2) is 4.79 Å². The Hall–Kier alpha value is -2.36. The molecule has 21 heavy (non-hydrogen) atoms. The van der Waals surface area contributed by atoms with Crippen LogP contribution < -0.4 is 0 Å². The molecule has 1 heterocycles. The molecular weight excluding hydrogens is 266 g/mol.